The van der Waals surface area contributed by atoms with Crippen LogP contribution in [-0.2, 0) is 24.7 Å². The zero-order valence-corrected chi connectivity index (χ0v) is 62.0. The second kappa shape index (κ2) is 33.0. The van der Waals surface area contributed by atoms with Crippen molar-refractivity contribution < 1.29 is 76.7 Å². The van der Waals surface area contributed by atoms with Gasteiger partial charge in [-0.2, -0.15) is 52.7 Å². The smallest absolute Gasteiger partial charge is 0.336 e. The van der Waals surface area contributed by atoms with E-state index in [1.54, 1.807) is 118 Å². The number of halogens is 12. The number of carbonyl (C=O) groups is 5. The Hall–Kier alpha value is -11.9. The minimum Gasteiger partial charge on any atom is -0.336 e. The number of aryl methyl sites for hydroxylation is 3. The average Bonchev–Trinajstić information content (AvgIpc) is 1.69. The number of likely N-dealkylation sites (tertiary alicyclic amines) is 4. The van der Waals surface area contributed by atoms with E-state index in [0.717, 1.165) is 41.0 Å². The lowest BCUT2D eigenvalue weighted by Crippen LogP contribution is -2.39. The summed E-state index contributed by atoms with van der Waals surface area (Å²) >= 11 is 0. The number of hydrogen-bond acceptors (Lipinski definition) is 13. The Morgan fingerprint density at radius 2 is 0.570 bits per heavy atom. The molecule has 4 aliphatic rings. The first-order valence-electron chi connectivity index (χ1n) is 36.9. The quantitative estimate of drug-likeness (QED) is 0.0971. The van der Waals surface area contributed by atoms with Crippen LogP contribution in [0.1, 0.15) is 196 Å². The number of benzene rings is 4. The standard InChI is InChI=1S/C21H19F3N4O2.3C20H19F3N4O/c1-13(29)15-6-7-18-25-26-19(28(18)12-15)20(30)27-10-8-14(9-11-27)16-4-2-3-5-17(16)21(22,23)24;1-13-6-11-27-17(12-13)24-25-18(27)19(28)26-9-7-14(8-10-26)15-4-2-3-5-16(15)20(21,22)23;2*1-13-6-7-17-24-25-18(27(17)12-13)19(28)26-10-8-14(9-11-26)15-4-2-3-5-16(15)20(21,22)23/h2-7,12,14H,8-11H2,1H3;2-6,11-12,14H,7-10H2,1H3;2*2-7,12,14H,8-11H2,1H3. The number of piperidine rings is 4. The van der Waals surface area contributed by atoms with Gasteiger partial charge in [0.05, 0.1) is 22.3 Å². The van der Waals surface area contributed by atoms with Crippen LogP contribution < -0.4 is 0 Å². The van der Waals surface area contributed by atoms with Gasteiger partial charge in [0, 0.05) is 82.7 Å². The van der Waals surface area contributed by atoms with Gasteiger partial charge in [0.2, 0.25) is 23.3 Å². The molecule has 21 nitrogen and oxygen atoms in total. The summed E-state index contributed by atoms with van der Waals surface area (Å²) in [5.41, 5.74) is 4.44. The first kappa shape index (κ1) is 80.1. The predicted octanol–water partition coefficient (Wildman–Crippen LogP) is 16.2. The number of Topliss-reactive ketones (excluding diaryl/α,β-unsaturated/α-hetero) is 1. The Bertz CT molecular complexity index is 5360. The van der Waals surface area contributed by atoms with Crippen LogP contribution in [0.15, 0.2) is 170 Å². The third kappa shape index (κ3) is 17.6. The summed E-state index contributed by atoms with van der Waals surface area (Å²) in [5, 5.41) is 32.0. The van der Waals surface area contributed by atoms with E-state index in [2.05, 4.69) is 40.8 Å². The van der Waals surface area contributed by atoms with Crippen molar-refractivity contribution in [1.82, 2.24) is 78.0 Å². The maximum atomic E-state index is 13.3. The van der Waals surface area contributed by atoms with Gasteiger partial charge in [-0.15, -0.1) is 40.8 Å². The minimum atomic E-state index is -4.40. The van der Waals surface area contributed by atoms with Crippen LogP contribution in [0.4, 0.5) is 52.7 Å². The summed E-state index contributed by atoms with van der Waals surface area (Å²) < 4.78 is 166. The molecule has 0 aliphatic carbocycles. The summed E-state index contributed by atoms with van der Waals surface area (Å²) in [6.07, 6.45) is -6.91. The average molecular weight is 1580 g/mol. The number of fused-ring (bicyclic) bond motifs is 4. The van der Waals surface area contributed by atoms with E-state index < -0.39 is 47.0 Å². The molecule has 12 aromatic rings. The van der Waals surface area contributed by atoms with Gasteiger partial charge >= 0.3 is 24.7 Å². The van der Waals surface area contributed by atoms with E-state index in [1.807, 2.05) is 45.0 Å². The second-order valence-electron chi connectivity index (χ2n) is 28.7. The molecule has 0 saturated carbocycles. The van der Waals surface area contributed by atoms with E-state index >= 15 is 0 Å². The highest BCUT2D eigenvalue weighted by atomic mass is 19.4. The molecule has 0 bridgehead atoms. The minimum absolute atomic E-state index is 0.0854. The normalized spacial score (nSPS) is 15.8. The molecule has 0 radical (unpaired) electrons. The van der Waals surface area contributed by atoms with Gasteiger partial charge in [-0.25, -0.2) is 0 Å². The Morgan fingerprint density at radius 1 is 0.307 bits per heavy atom. The van der Waals surface area contributed by atoms with Crippen molar-refractivity contribution in [3.63, 3.8) is 0 Å². The molecule has 33 heteroatoms. The van der Waals surface area contributed by atoms with Crippen molar-refractivity contribution in [3.05, 3.63) is 260 Å². The molecule has 0 spiro atoms. The molecule has 4 fully saturated rings. The fraction of sp³-hybridized carbons (Fsp3) is 0.346. The van der Waals surface area contributed by atoms with E-state index in [4.69, 9.17) is 0 Å². The van der Waals surface area contributed by atoms with Crippen LogP contribution >= 0.6 is 0 Å². The molecule has 0 unspecified atom stereocenters. The van der Waals surface area contributed by atoms with Crippen molar-refractivity contribution in [1.29, 1.82) is 0 Å². The van der Waals surface area contributed by atoms with Gasteiger partial charge in [-0.3, -0.25) is 41.6 Å². The van der Waals surface area contributed by atoms with Crippen molar-refractivity contribution in [3.8, 4) is 0 Å². The molecule has 4 aromatic carbocycles. The first-order valence-corrected chi connectivity index (χ1v) is 36.9. The van der Waals surface area contributed by atoms with Crippen molar-refractivity contribution in [2.45, 2.75) is 127 Å². The van der Waals surface area contributed by atoms with Crippen LogP contribution in [0.3, 0.4) is 0 Å². The highest BCUT2D eigenvalue weighted by molar-refractivity contribution is 5.96. The lowest BCUT2D eigenvalue weighted by Gasteiger charge is -2.32. The Balaban J connectivity index is 0.000000133. The van der Waals surface area contributed by atoms with E-state index in [9.17, 15) is 76.7 Å². The van der Waals surface area contributed by atoms with Crippen LogP contribution in [0.2, 0.25) is 0 Å². The van der Waals surface area contributed by atoms with Crippen LogP contribution in [-0.4, -0.2) is 160 Å². The van der Waals surface area contributed by atoms with Crippen LogP contribution in [0.5, 0.6) is 0 Å². The Labute approximate surface area is 644 Å². The zero-order chi connectivity index (χ0) is 81.1. The summed E-state index contributed by atoms with van der Waals surface area (Å²) in [6.45, 7) is 10.1. The fourth-order valence-electron chi connectivity index (χ4n) is 15.3. The van der Waals surface area contributed by atoms with Gasteiger partial charge in [-0.05, 0) is 202 Å². The summed E-state index contributed by atoms with van der Waals surface area (Å²) in [4.78, 5) is 69.7. The van der Waals surface area contributed by atoms with Crippen molar-refractivity contribution in [2.75, 3.05) is 52.4 Å². The number of ketones is 1. The molecule has 114 heavy (non-hydrogen) atoms. The molecule has 4 saturated heterocycles. The highest BCUT2D eigenvalue weighted by Gasteiger charge is 2.42. The Morgan fingerprint density at radius 3 is 0.860 bits per heavy atom. The van der Waals surface area contributed by atoms with E-state index in [-0.39, 0.29) is 81.9 Å². The molecule has 4 aliphatic heterocycles. The van der Waals surface area contributed by atoms with Crippen LogP contribution in [0.25, 0.3) is 22.6 Å². The number of amides is 4. The third-order valence-corrected chi connectivity index (χ3v) is 21.2. The van der Waals surface area contributed by atoms with Gasteiger partial charge in [0.1, 0.15) is 0 Å². The first-order chi connectivity index (χ1) is 54.3. The molecule has 12 heterocycles. The molecule has 594 valence electrons. The lowest BCUT2D eigenvalue weighted by atomic mass is 9.86. The van der Waals surface area contributed by atoms with Gasteiger partial charge in [0.15, 0.2) is 28.4 Å². The van der Waals surface area contributed by atoms with Crippen molar-refractivity contribution in [2.24, 2.45) is 0 Å². The fourth-order valence-corrected chi connectivity index (χ4v) is 15.3. The summed E-state index contributed by atoms with van der Waals surface area (Å²) in [6, 6.07) is 37.0. The molecule has 0 N–H and O–H groups in total. The maximum Gasteiger partial charge on any atom is 0.416 e. The number of aromatic nitrogens is 12. The second-order valence-corrected chi connectivity index (χ2v) is 28.7. The number of pyridine rings is 4. The maximum absolute atomic E-state index is 13.3. The molecular weight excluding hydrogens is 1500 g/mol. The molecule has 4 amide bonds. The number of alkyl halides is 12. The number of hydrogen-bond donors (Lipinski definition) is 0. The summed E-state index contributed by atoms with van der Waals surface area (Å²) in [5.74, 6) is -1.42. The monoisotopic (exact) mass is 1580 g/mol. The third-order valence-electron chi connectivity index (χ3n) is 21.2. The number of nitrogens with zero attached hydrogens (tertiary/aromatic N) is 16. The summed E-state index contributed by atoms with van der Waals surface area (Å²) in [7, 11) is 0. The van der Waals surface area contributed by atoms with Gasteiger partial charge in [0.25, 0.3) is 23.6 Å². The number of rotatable bonds is 9. The van der Waals surface area contributed by atoms with Crippen molar-refractivity contribution >= 4 is 52.0 Å². The molecular formula is C81H76F12N16O5. The Kier molecular flexibility index (Phi) is 23.2. The predicted molar refractivity (Wildman–Crippen MR) is 393 cm³/mol. The number of carbonyl (C=O) groups excluding carboxylic acids is 5. The van der Waals surface area contributed by atoms with E-state index in [1.165, 1.54) is 47.9 Å². The zero-order valence-electron chi connectivity index (χ0n) is 62.0. The van der Waals surface area contributed by atoms with Gasteiger partial charge < -0.3 is 19.6 Å². The lowest BCUT2D eigenvalue weighted by molar-refractivity contribution is -0.139. The largest absolute Gasteiger partial charge is 0.416 e. The topological polar surface area (TPSA) is 219 Å². The van der Waals surface area contributed by atoms with E-state index in [0.29, 0.717) is 149 Å². The van der Waals surface area contributed by atoms with Gasteiger partial charge in [-0.1, -0.05) is 84.9 Å². The molecule has 8 aromatic heterocycles. The van der Waals surface area contributed by atoms with Crippen LogP contribution in [0, 0.1) is 20.8 Å². The molecule has 0 atom stereocenters. The highest BCUT2D eigenvalue weighted by Crippen LogP contribution is 2.44. The molecule has 16 rings (SSSR count). The SMILES string of the molecule is CC(=O)c1ccc2nnc(C(=O)N3CCC(c4ccccc4C(F)(F)F)CC3)n2c1.Cc1ccc2nnc(C(=O)N3CCC(c4ccccc4C(F)(F)F)CC3)n2c1.Cc1ccc2nnc(C(=O)N3CCC(c4ccccc4C(F)(F)F)CC3)n2c1.Cc1ccn2c(C(=O)N3CCC(c4ccccc4C(F)(F)F)CC3)nnc2c1.